The Kier molecular flexibility index (Phi) is 5.54. The normalized spacial score (nSPS) is 27.6. The van der Waals surface area contributed by atoms with E-state index in [1.54, 1.807) is 24.5 Å². The number of carbonyl (C=O) groups is 1. The number of rotatable bonds is 3. The van der Waals surface area contributed by atoms with Crippen LogP contribution < -0.4 is 4.90 Å². The van der Waals surface area contributed by atoms with Gasteiger partial charge in [-0.1, -0.05) is 12.1 Å². The second-order valence-corrected chi connectivity index (χ2v) is 10.5. The zero-order valence-corrected chi connectivity index (χ0v) is 17.1. The second-order valence-electron chi connectivity index (χ2n) is 7.75. The molecule has 6 nitrogen and oxygen atoms in total. The molecular weight excluding hydrogens is 391 g/mol. The van der Waals surface area contributed by atoms with Crippen molar-refractivity contribution in [1.82, 2.24) is 14.9 Å². The maximum atomic E-state index is 13.9. The lowest BCUT2D eigenvalue weighted by Gasteiger charge is -2.43. The maximum Gasteiger partial charge on any atom is 0.226 e. The molecule has 0 spiro atoms. The van der Waals surface area contributed by atoms with Gasteiger partial charge in [-0.05, 0) is 52.0 Å². The highest BCUT2D eigenvalue weighted by Crippen LogP contribution is 2.31. The van der Waals surface area contributed by atoms with Crippen molar-refractivity contribution in [1.29, 1.82) is 0 Å². The summed E-state index contributed by atoms with van der Waals surface area (Å²) in [5.41, 5.74) is 0.760. The Morgan fingerprint density at radius 3 is 2.55 bits per heavy atom. The van der Waals surface area contributed by atoms with E-state index in [1.807, 2.05) is 15.9 Å². The van der Waals surface area contributed by atoms with E-state index >= 15 is 0 Å². The van der Waals surface area contributed by atoms with Crippen molar-refractivity contribution in [2.75, 3.05) is 36.0 Å². The van der Waals surface area contributed by atoms with Crippen molar-refractivity contribution >= 4 is 27.2 Å². The Balaban J connectivity index is 1.59. The molecule has 3 heterocycles. The van der Waals surface area contributed by atoms with Crippen molar-refractivity contribution in [3.63, 3.8) is 0 Å². The average Bonchev–Trinajstić information content (AvgIpc) is 2.73. The molecule has 1 unspecified atom stereocenters. The molecule has 2 saturated heterocycles. The molecule has 154 valence electrons. The fourth-order valence-corrected chi connectivity index (χ4v) is 5.76. The number of carbonyl (C=O) groups excluding carboxylic acids is 1. The maximum absolute atomic E-state index is 13.9. The predicted molar refractivity (Wildman–Crippen MR) is 113 cm³/mol. The summed E-state index contributed by atoms with van der Waals surface area (Å²) in [7, 11) is -2.04. The lowest BCUT2D eigenvalue weighted by Crippen LogP contribution is -2.53. The van der Waals surface area contributed by atoms with E-state index in [-0.39, 0.29) is 23.7 Å². The monoisotopic (exact) mass is 416 g/mol. The van der Waals surface area contributed by atoms with E-state index < -0.39 is 9.52 Å². The number of hydrogen-bond donors (Lipinski definition) is 0. The van der Waals surface area contributed by atoms with Gasteiger partial charge >= 0.3 is 0 Å². The summed E-state index contributed by atoms with van der Waals surface area (Å²) < 4.78 is 26.1. The highest BCUT2D eigenvalue weighted by Gasteiger charge is 2.37. The molecule has 1 amide bonds. The summed E-state index contributed by atoms with van der Waals surface area (Å²) in [5, 5.41) is 0. The Labute approximate surface area is 170 Å². The number of hydrogen-bond acceptors (Lipinski definition) is 5. The standard InChI is InChI=1S/C21H25FN4O2S/c1-29(28)12-6-16(7-13-29)20(27)26-11-10-25(21-23-8-3-9-24-21)15-19(26)17-4-2-5-18(22)14-17/h2-5,8-9,14,16,19H,1,6-7,10-13,15H2. The van der Waals surface area contributed by atoms with Gasteiger partial charge in [-0.3, -0.25) is 9.00 Å². The third-order valence-electron chi connectivity index (χ3n) is 5.76. The number of benzene rings is 1. The molecule has 0 aliphatic carbocycles. The van der Waals surface area contributed by atoms with Crippen LogP contribution in [0.5, 0.6) is 0 Å². The molecule has 8 heteroatoms. The Bertz CT molecular complexity index is 969. The molecule has 0 radical (unpaired) electrons. The topological polar surface area (TPSA) is 66.4 Å². The van der Waals surface area contributed by atoms with Gasteiger partial charge in [0.2, 0.25) is 11.9 Å². The molecular formula is C21H25FN4O2S. The molecule has 29 heavy (non-hydrogen) atoms. The van der Waals surface area contributed by atoms with Crippen LogP contribution in [0.1, 0.15) is 24.4 Å². The highest BCUT2D eigenvalue weighted by atomic mass is 32.2. The van der Waals surface area contributed by atoms with Crippen LogP contribution in [0.2, 0.25) is 0 Å². The summed E-state index contributed by atoms with van der Waals surface area (Å²) in [5.74, 6) is 4.97. The molecule has 1 aromatic heterocycles. The van der Waals surface area contributed by atoms with Gasteiger partial charge in [0.15, 0.2) is 0 Å². The average molecular weight is 417 g/mol. The van der Waals surface area contributed by atoms with E-state index in [2.05, 4.69) is 15.8 Å². The van der Waals surface area contributed by atoms with Gasteiger partial charge in [-0.2, -0.15) is 0 Å². The largest absolute Gasteiger partial charge is 0.337 e. The van der Waals surface area contributed by atoms with E-state index in [0.717, 1.165) is 5.56 Å². The fraction of sp³-hybridized carbons (Fsp3) is 0.429. The van der Waals surface area contributed by atoms with Gasteiger partial charge < -0.3 is 9.80 Å². The predicted octanol–water partition coefficient (Wildman–Crippen LogP) is 2.13. The first-order valence-electron chi connectivity index (χ1n) is 9.83. The van der Waals surface area contributed by atoms with Crippen LogP contribution in [0, 0.1) is 11.7 Å². The van der Waals surface area contributed by atoms with E-state index in [4.69, 9.17) is 0 Å². The lowest BCUT2D eigenvalue weighted by atomic mass is 9.96. The fourth-order valence-electron chi connectivity index (χ4n) is 4.12. The molecule has 2 aromatic rings. The molecule has 2 aliphatic heterocycles. The van der Waals surface area contributed by atoms with Crippen molar-refractivity contribution in [2.24, 2.45) is 5.92 Å². The molecule has 2 fully saturated rings. The molecule has 0 bridgehead atoms. The van der Waals surface area contributed by atoms with Crippen LogP contribution in [0.4, 0.5) is 10.3 Å². The Morgan fingerprint density at radius 2 is 1.86 bits per heavy atom. The summed E-state index contributed by atoms with van der Waals surface area (Å²) in [6.07, 6.45) is 4.57. The summed E-state index contributed by atoms with van der Waals surface area (Å²) in [4.78, 5) is 25.9. The number of anilines is 1. The summed E-state index contributed by atoms with van der Waals surface area (Å²) >= 11 is 0. The summed E-state index contributed by atoms with van der Waals surface area (Å²) in [6, 6.07) is 7.89. The quantitative estimate of drug-likeness (QED) is 0.718. The minimum atomic E-state index is -2.04. The van der Waals surface area contributed by atoms with Crippen molar-refractivity contribution in [3.05, 3.63) is 54.1 Å². The van der Waals surface area contributed by atoms with Gasteiger partial charge in [0.25, 0.3) is 0 Å². The Hall–Kier alpha value is -2.48. The molecule has 2 aliphatic rings. The number of piperazine rings is 1. The lowest BCUT2D eigenvalue weighted by molar-refractivity contribution is -0.138. The Morgan fingerprint density at radius 1 is 1.14 bits per heavy atom. The SMILES string of the molecule is C=S1(=O)CCC(C(=O)N2CCN(c3ncccn3)CC2c2cccc(F)c2)CC1. The van der Waals surface area contributed by atoms with Crippen LogP contribution in [0.25, 0.3) is 0 Å². The zero-order chi connectivity index (χ0) is 20.4. The minimum absolute atomic E-state index is 0.0581. The number of halogens is 1. The highest BCUT2D eigenvalue weighted by molar-refractivity contribution is 8.00. The van der Waals surface area contributed by atoms with Crippen molar-refractivity contribution < 1.29 is 13.4 Å². The van der Waals surface area contributed by atoms with Crippen LogP contribution in [0.15, 0.2) is 42.7 Å². The van der Waals surface area contributed by atoms with Gasteiger partial charge in [0, 0.05) is 49.5 Å². The minimum Gasteiger partial charge on any atom is -0.337 e. The van der Waals surface area contributed by atoms with Gasteiger partial charge in [0.1, 0.15) is 5.82 Å². The first kappa shape index (κ1) is 19.8. The number of nitrogens with zero attached hydrogens (tertiary/aromatic N) is 4. The van der Waals surface area contributed by atoms with E-state index in [1.165, 1.54) is 12.1 Å². The first-order chi connectivity index (χ1) is 13.9. The third-order valence-corrected chi connectivity index (χ3v) is 7.72. The van der Waals surface area contributed by atoms with Gasteiger partial charge in [-0.15, -0.1) is 0 Å². The molecule has 0 N–H and O–H groups in total. The molecule has 1 aromatic carbocycles. The number of amides is 1. The van der Waals surface area contributed by atoms with Crippen LogP contribution in [-0.4, -0.2) is 62.0 Å². The van der Waals surface area contributed by atoms with Crippen LogP contribution >= 0.6 is 0 Å². The van der Waals surface area contributed by atoms with Crippen molar-refractivity contribution in [3.8, 4) is 0 Å². The smallest absolute Gasteiger partial charge is 0.226 e. The van der Waals surface area contributed by atoms with Gasteiger partial charge in [-0.25, -0.2) is 14.4 Å². The first-order valence-corrected chi connectivity index (χ1v) is 11.9. The number of aromatic nitrogens is 2. The van der Waals surface area contributed by atoms with E-state index in [0.29, 0.717) is 49.9 Å². The summed E-state index contributed by atoms with van der Waals surface area (Å²) in [6.45, 7) is 1.62. The van der Waals surface area contributed by atoms with Crippen LogP contribution in [-0.2, 0) is 14.3 Å². The molecule has 0 saturated carbocycles. The van der Waals surface area contributed by atoms with Gasteiger partial charge in [0.05, 0.1) is 6.04 Å². The zero-order valence-electron chi connectivity index (χ0n) is 16.2. The molecule has 4 rings (SSSR count). The van der Waals surface area contributed by atoms with Crippen molar-refractivity contribution in [2.45, 2.75) is 18.9 Å². The third kappa shape index (κ3) is 4.42. The van der Waals surface area contributed by atoms with E-state index in [9.17, 15) is 13.4 Å². The molecule has 1 atom stereocenters. The second kappa shape index (κ2) is 8.10. The van der Waals surface area contributed by atoms with Crippen LogP contribution in [0.3, 0.4) is 0 Å².